The van der Waals surface area contributed by atoms with Gasteiger partial charge in [0.25, 0.3) is 0 Å². The highest BCUT2D eigenvalue weighted by Crippen LogP contribution is 2.43. The molecule has 19 heavy (non-hydrogen) atoms. The van der Waals surface area contributed by atoms with E-state index in [1.807, 2.05) is 18.3 Å². The van der Waals surface area contributed by atoms with Crippen LogP contribution in [-0.4, -0.2) is 23.0 Å². The fourth-order valence-electron chi connectivity index (χ4n) is 3.76. The Kier molecular flexibility index (Phi) is 3.71. The lowest BCUT2D eigenvalue weighted by molar-refractivity contribution is 0.183. The summed E-state index contributed by atoms with van der Waals surface area (Å²) < 4.78 is 0. The van der Waals surface area contributed by atoms with Crippen LogP contribution in [0.3, 0.4) is 0 Å². The van der Waals surface area contributed by atoms with Gasteiger partial charge in [-0.1, -0.05) is 19.3 Å². The zero-order chi connectivity index (χ0) is 13.1. The normalized spacial score (nSPS) is 22.8. The monoisotopic (exact) mass is 260 g/mol. The molecule has 0 unspecified atom stereocenters. The van der Waals surface area contributed by atoms with Gasteiger partial charge in [-0.3, -0.25) is 15.7 Å². The Bertz CT molecular complexity index is 426. The van der Waals surface area contributed by atoms with Crippen LogP contribution in [0.4, 0.5) is 5.69 Å². The molecule has 1 aliphatic heterocycles. The van der Waals surface area contributed by atoms with Gasteiger partial charge in [-0.15, -0.1) is 0 Å². The van der Waals surface area contributed by atoms with Crippen molar-refractivity contribution in [1.82, 2.24) is 9.88 Å². The third-order valence-electron chi connectivity index (χ3n) is 4.80. The summed E-state index contributed by atoms with van der Waals surface area (Å²) in [4.78, 5) is 7.01. The van der Waals surface area contributed by atoms with Crippen LogP contribution in [0.2, 0.25) is 0 Å². The van der Waals surface area contributed by atoms with E-state index in [4.69, 9.17) is 5.84 Å². The third-order valence-corrected chi connectivity index (χ3v) is 4.80. The second kappa shape index (κ2) is 5.47. The average molecular weight is 260 g/mol. The van der Waals surface area contributed by atoms with Crippen molar-refractivity contribution >= 4 is 5.69 Å². The molecule has 4 nitrogen and oxygen atoms in total. The fraction of sp³-hybridized carbons (Fsp3) is 0.667. The van der Waals surface area contributed by atoms with Crippen LogP contribution >= 0.6 is 0 Å². The molecule has 1 aromatic rings. The Labute approximate surface area is 115 Å². The van der Waals surface area contributed by atoms with Crippen molar-refractivity contribution in [3.8, 4) is 0 Å². The van der Waals surface area contributed by atoms with Crippen molar-refractivity contribution in [2.45, 2.75) is 45.1 Å². The topological polar surface area (TPSA) is 54.2 Å². The molecule has 0 bridgehead atoms. The number of hydrogen-bond donors (Lipinski definition) is 2. The Morgan fingerprint density at radius 3 is 2.89 bits per heavy atom. The molecule has 1 aliphatic carbocycles. The number of hydrogen-bond acceptors (Lipinski definition) is 4. The minimum absolute atomic E-state index is 0.627. The summed E-state index contributed by atoms with van der Waals surface area (Å²) in [5.74, 6) is 5.45. The van der Waals surface area contributed by atoms with Crippen LogP contribution in [0.15, 0.2) is 18.3 Å². The molecule has 1 aromatic heterocycles. The van der Waals surface area contributed by atoms with Gasteiger partial charge < -0.3 is 5.43 Å². The van der Waals surface area contributed by atoms with Gasteiger partial charge in [-0.25, -0.2) is 0 Å². The molecule has 2 heterocycles. The first-order valence-electron chi connectivity index (χ1n) is 7.44. The number of aromatic nitrogens is 1. The van der Waals surface area contributed by atoms with E-state index < -0.39 is 0 Å². The van der Waals surface area contributed by atoms with Crippen molar-refractivity contribution in [3.05, 3.63) is 24.0 Å². The lowest BCUT2D eigenvalue weighted by Gasteiger charge is -2.33. The number of nitrogens with zero attached hydrogens (tertiary/aromatic N) is 2. The Hall–Kier alpha value is -1.13. The first-order chi connectivity index (χ1) is 9.30. The molecule has 2 aliphatic rings. The number of hydrazine groups is 1. The van der Waals surface area contributed by atoms with Crippen LogP contribution in [-0.2, 0) is 6.54 Å². The first kappa shape index (κ1) is 12.9. The second-order valence-corrected chi connectivity index (χ2v) is 6.20. The van der Waals surface area contributed by atoms with Crippen LogP contribution < -0.4 is 11.3 Å². The van der Waals surface area contributed by atoms with Crippen molar-refractivity contribution in [1.29, 1.82) is 0 Å². The van der Waals surface area contributed by atoms with Crippen molar-refractivity contribution < 1.29 is 0 Å². The fourth-order valence-corrected chi connectivity index (χ4v) is 3.76. The molecular formula is C15H24N4. The van der Waals surface area contributed by atoms with Gasteiger partial charge in [0, 0.05) is 19.3 Å². The molecule has 0 amide bonds. The number of pyridine rings is 1. The van der Waals surface area contributed by atoms with Gasteiger partial charge >= 0.3 is 0 Å². The van der Waals surface area contributed by atoms with Crippen molar-refractivity contribution in [2.24, 2.45) is 11.3 Å². The number of rotatable bonds is 3. The molecule has 1 spiro atoms. The summed E-state index contributed by atoms with van der Waals surface area (Å²) in [6.07, 6.45) is 10.4. The van der Waals surface area contributed by atoms with Gasteiger partial charge in [-0.05, 0) is 43.4 Å². The molecule has 1 saturated carbocycles. The maximum Gasteiger partial charge on any atom is 0.0564 e. The van der Waals surface area contributed by atoms with Crippen LogP contribution in [0, 0.1) is 5.41 Å². The quantitative estimate of drug-likeness (QED) is 0.648. The Balaban J connectivity index is 1.61. The van der Waals surface area contributed by atoms with Crippen molar-refractivity contribution in [2.75, 3.05) is 18.5 Å². The standard InChI is InChI=1S/C15H24N4/c16-18-13-4-8-17-14(10-13)11-19-9-7-15(12-19)5-2-1-3-6-15/h4,8,10H,1-3,5-7,9,11-12,16H2,(H,17,18). The number of nitrogen functional groups attached to an aromatic ring is 1. The summed E-state index contributed by atoms with van der Waals surface area (Å²) in [5.41, 5.74) is 5.37. The summed E-state index contributed by atoms with van der Waals surface area (Å²) in [7, 11) is 0. The van der Waals surface area contributed by atoms with Crippen LogP contribution in [0.1, 0.15) is 44.2 Å². The predicted octanol–water partition coefficient (Wildman–Crippen LogP) is 2.52. The SMILES string of the molecule is NNc1ccnc(CN2CCC3(CCCCC3)C2)c1. The molecular weight excluding hydrogens is 236 g/mol. The maximum absolute atomic E-state index is 5.45. The molecule has 3 N–H and O–H groups in total. The van der Waals surface area contributed by atoms with E-state index in [1.165, 1.54) is 51.6 Å². The lowest BCUT2D eigenvalue weighted by atomic mass is 9.73. The molecule has 4 heteroatoms. The maximum atomic E-state index is 5.45. The smallest absolute Gasteiger partial charge is 0.0564 e. The summed E-state index contributed by atoms with van der Waals surface area (Å²) in [5, 5.41) is 0. The lowest BCUT2D eigenvalue weighted by Crippen LogP contribution is -2.29. The highest BCUT2D eigenvalue weighted by Gasteiger charge is 2.38. The molecule has 3 rings (SSSR count). The van der Waals surface area contributed by atoms with Gasteiger partial charge in [0.05, 0.1) is 11.4 Å². The highest BCUT2D eigenvalue weighted by atomic mass is 15.2. The molecule has 2 fully saturated rings. The van der Waals surface area contributed by atoms with Crippen LogP contribution in [0.25, 0.3) is 0 Å². The van der Waals surface area contributed by atoms with E-state index in [9.17, 15) is 0 Å². The molecule has 0 atom stereocenters. The van der Waals surface area contributed by atoms with Gasteiger partial charge in [0.1, 0.15) is 0 Å². The molecule has 0 aromatic carbocycles. The molecule has 0 radical (unpaired) electrons. The number of likely N-dealkylation sites (tertiary alicyclic amines) is 1. The van der Waals surface area contributed by atoms with Gasteiger partial charge in [0.15, 0.2) is 0 Å². The summed E-state index contributed by atoms with van der Waals surface area (Å²) in [6.45, 7) is 3.44. The van der Waals surface area contributed by atoms with Gasteiger partial charge in [0.2, 0.25) is 0 Å². The zero-order valence-corrected chi connectivity index (χ0v) is 11.6. The van der Waals surface area contributed by atoms with E-state index in [1.54, 1.807) is 0 Å². The summed E-state index contributed by atoms with van der Waals surface area (Å²) >= 11 is 0. The molecule has 1 saturated heterocycles. The zero-order valence-electron chi connectivity index (χ0n) is 11.6. The van der Waals surface area contributed by atoms with Crippen molar-refractivity contribution in [3.63, 3.8) is 0 Å². The summed E-state index contributed by atoms with van der Waals surface area (Å²) in [6, 6.07) is 3.95. The van der Waals surface area contributed by atoms with Crippen LogP contribution in [0.5, 0.6) is 0 Å². The average Bonchev–Trinajstić information content (AvgIpc) is 2.82. The first-order valence-corrected chi connectivity index (χ1v) is 7.44. The Morgan fingerprint density at radius 1 is 1.26 bits per heavy atom. The van der Waals surface area contributed by atoms with E-state index in [2.05, 4.69) is 15.3 Å². The Morgan fingerprint density at radius 2 is 2.11 bits per heavy atom. The largest absolute Gasteiger partial charge is 0.324 e. The predicted molar refractivity (Wildman–Crippen MR) is 77.5 cm³/mol. The number of nitrogens with two attached hydrogens (primary N) is 1. The van der Waals surface area contributed by atoms with E-state index in [-0.39, 0.29) is 0 Å². The van der Waals surface area contributed by atoms with E-state index >= 15 is 0 Å². The molecule has 104 valence electrons. The minimum atomic E-state index is 0.627. The van der Waals surface area contributed by atoms with E-state index in [0.29, 0.717) is 5.41 Å². The highest BCUT2D eigenvalue weighted by molar-refractivity contribution is 5.41. The number of nitrogens with one attached hydrogen (secondary N) is 1. The number of anilines is 1. The van der Waals surface area contributed by atoms with Gasteiger partial charge in [-0.2, -0.15) is 0 Å². The van der Waals surface area contributed by atoms with E-state index in [0.717, 1.165) is 17.9 Å². The second-order valence-electron chi connectivity index (χ2n) is 6.20. The minimum Gasteiger partial charge on any atom is -0.324 e. The third kappa shape index (κ3) is 2.90.